The minimum atomic E-state index is -0.143. The summed E-state index contributed by atoms with van der Waals surface area (Å²) >= 11 is 0. The van der Waals surface area contributed by atoms with Crippen LogP contribution in [0.3, 0.4) is 0 Å². The van der Waals surface area contributed by atoms with Crippen LogP contribution in [0.1, 0.15) is 34.0 Å². The molecule has 4 heterocycles. The molecule has 3 aromatic heterocycles. The van der Waals surface area contributed by atoms with Gasteiger partial charge >= 0.3 is 0 Å². The Balaban J connectivity index is 1.40. The van der Waals surface area contributed by atoms with Crippen LogP contribution in [0, 0.1) is 0 Å². The Labute approximate surface area is 150 Å². The van der Waals surface area contributed by atoms with Gasteiger partial charge in [-0.05, 0) is 24.6 Å². The second-order valence-electron chi connectivity index (χ2n) is 6.21. The molecule has 0 saturated carbocycles. The highest BCUT2D eigenvalue weighted by Gasteiger charge is 2.28. The molecule has 8 heteroatoms. The molecule has 1 fully saturated rings. The van der Waals surface area contributed by atoms with E-state index in [2.05, 4.69) is 35.4 Å². The number of anilines is 1. The van der Waals surface area contributed by atoms with Crippen molar-refractivity contribution >= 4 is 11.9 Å². The molecule has 3 aromatic rings. The molecule has 1 aliphatic rings. The summed E-state index contributed by atoms with van der Waals surface area (Å²) in [4.78, 5) is 27.0. The minimum absolute atomic E-state index is 0.143. The maximum atomic E-state index is 12.2. The van der Waals surface area contributed by atoms with Crippen molar-refractivity contribution in [2.45, 2.75) is 18.9 Å². The number of nitrogens with zero attached hydrogens (tertiary/aromatic N) is 5. The van der Waals surface area contributed by atoms with Gasteiger partial charge in [0, 0.05) is 61.6 Å². The molecule has 2 N–H and O–H groups in total. The zero-order chi connectivity index (χ0) is 17.8. The summed E-state index contributed by atoms with van der Waals surface area (Å²) in [7, 11) is 0. The number of nitrogens with one attached hydrogen (secondary N) is 2. The molecule has 1 saturated heterocycles. The highest BCUT2D eigenvalue weighted by Crippen LogP contribution is 2.29. The lowest BCUT2D eigenvalue weighted by Gasteiger charge is -2.16. The molecule has 0 spiro atoms. The SMILES string of the molecule is O=C(NCc1cn[nH]c1C1CCN(c2ncccn2)C1)c1cccnc1. The van der Waals surface area contributed by atoms with E-state index in [1.165, 1.54) is 0 Å². The third kappa shape index (κ3) is 3.39. The van der Waals surface area contributed by atoms with E-state index in [9.17, 15) is 4.79 Å². The molecule has 0 bridgehead atoms. The highest BCUT2D eigenvalue weighted by molar-refractivity contribution is 5.93. The maximum Gasteiger partial charge on any atom is 0.253 e. The Morgan fingerprint density at radius 3 is 2.92 bits per heavy atom. The number of rotatable bonds is 5. The van der Waals surface area contributed by atoms with Gasteiger partial charge in [-0.1, -0.05) is 0 Å². The summed E-state index contributed by atoms with van der Waals surface area (Å²) in [6, 6.07) is 5.30. The summed E-state index contributed by atoms with van der Waals surface area (Å²) < 4.78 is 0. The zero-order valence-corrected chi connectivity index (χ0v) is 14.2. The van der Waals surface area contributed by atoms with E-state index in [4.69, 9.17) is 0 Å². The van der Waals surface area contributed by atoms with E-state index in [1.807, 2.05) is 6.07 Å². The van der Waals surface area contributed by atoms with Crippen LogP contribution < -0.4 is 10.2 Å². The summed E-state index contributed by atoms with van der Waals surface area (Å²) in [6.45, 7) is 2.16. The Morgan fingerprint density at radius 1 is 1.23 bits per heavy atom. The molecule has 0 radical (unpaired) electrons. The number of hydrogen-bond donors (Lipinski definition) is 2. The van der Waals surface area contributed by atoms with Crippen molar-refractivity contribution in [3.8, 4) is 0 Å². The molecule has 1 amide bonds. The van der Waals surface area contributed by atoms with Crippen molar-refractivity contribution in [1.82, 2.24) is 30.5 Å². The van der Waals surface area contributed by atoms with Crippen LogP contribution in [0.25, 0.3) is 0 Å². The first kappa shape index (κ1) is 16.2. The molecule has 1 atom stereocenters. The van der Waals surface area contributed by atoms with Crippen LogP contribution in [0.15, 0.2) is 49.2 Å². The van der Waals surface area contributed by atoms with Gasteiger partial charge in [0.25, 0.3) is 5.91 Å². The molecule has 8 nitrogen and oxygen atoms in total. The van der Waals surface area contributed by atoms with E-state index < -0.39 is 0 Å². The van der Waals surface area contributed by atoms with E-state index in [1.54, 1.807) is 43.1 Å². The van der Waals surface area contributed by atoms with Crippen molar-refractivity contribution in [1.29, 1.82) is 0 Å². The second kappa shape index (κ2) is 7.30. The normalized spacial score (nSPS) is 16.6. The number of hydrogen-bond acceptors (Lipinski definition) is 6. The molecule has 0 aliphatic carbocycles. The number of aromatic nitrogens is 5. The zero-order valence-electron chi connectivity index (χ0n) is 14.2. The van der Waals surface area contributed by atoms with E-state index in [-0.39, 0.29) is 5.91 Å². The van der Waals surface area contributed by atoms with E-state index in [0.717, 1.165) is 36.7 Å². The van der Waals surface area contributed by atoms with Crippen molar-refractivity contribution in [3.05, 3.63) is 66.0 Å². The topological polar surface area (TPSA) is 99.7 Å². The third-order valence-corrected chi connectivity index (χ3v) is 4.55. The van der Waals surface area contributed by atoms with Gasteiger partial charge in [0.05, 0.1) is 11.8 Å². The lowest BCUT2D eigenvalue weighted by molar-refractivity contribution is 0.0950. The highest BCUT2D eigenvalue weighted by atomic mass is 16.1. The average molecular weight is 349 g/mol. The Hall–Kier alpha value is -3.29. The Bertz CT molecular complexity index is 866. The smallest absolute Gasteiger partial charge is 0.253 e. The number of carbonyl (C=O) groups excluding carboxylic acids is 1. The first-order chi connectivity index (χ1) is 12.8. The van der Waals surface area contributed by atoms with Crippen molar-refractivity contribution in [3.63, 3.8) is 0 Å². The van der Waals surface area contributed by atoms with Crippen LogP contribution in [0.4, 0.5) is 5.95 Å². The number of amides is 1. The summed E-state index contributed by atoms with van der Waals surface area (Å²) in [5.74, 6) is 0.920. The fraction of sp³-hybridized carbons (Fsp3) is 0.278. The number of carbonyl (C=O) groups is 1. The van der Waals surface area contributed by atoms with Gasteiger partial charge < -0.3 is 10.2 Å². The fourth-order valence-corrected chi connectivity index (χ4v) is 3.22. The van der Waals surface area contributed by atoms with Crippen LogP contribution in [0.5, 0.6) is 0 Å². The van der Waals surface area contributed by atoms with Crippen LogP contribution in [-0.4, -0.2) is 44.1 Å². The summed E-state index contributed by atoms with van der Waals surface area (Å²) in [5.41, 5.74) is 2.61. The molecule has 1 unspecified atom stereocenters. The summed E-state index contributed by atoms with van der Waals surface area (Å²) in [6.07, 6.45) is 9.48. The third-order valence-electron chi connectivity index (χ3n) is 4.55. The van der Waals surface area contributed by atoms with Crippen LogP contribution >= 0.6 is 0 Å². The lowest BCUT2D eigenvalue weighted by Crippen LogP contribution is -2.24. The molecule has 26 heavy (non-hydrogen) atoms. The molecular weight excluding hydrogens is 330 g/mol. The van der Waals surface area contributed by atoms with Gasteiger partial charge in [-0.25, -0.2) is 9.97 Å². The van der Waals surface area contributed by atoms with E-state index in [0.29, 0.717) is 18.0 Å². The first-order valence-corrected chi connectivity index (χ1v) is 8.53. The van der Waals surface area contributed by atoms with Gasteiger partial charge in [0.2, 0.25) is 5.95 Å². The molecule has 4 rings (SSSR count). The van der Waals surface area contributed by atoms with Crippen LogP contribution in [-0.2, 0) is 6.54 Å². The average Bonchev–Trinajstić information content (AvgIpc) is 3.36. The monoisotopic (exact) mass is 349 g/mol. The van der Waals surface area contributed by atoms with E-state index >= 15 is 0 Å². The predicted molar refractivity (Wildman–Crippen MR) is 95.6 cm³/mol. The summed E-state index contributed by atoms with van der Waals surface area (Å²) in [5, 5.41) is 10.2. The van der Waals surface area contributed by atoms with Crippen molar-refractivity contribution in [2.75, 3.05) is 18.0 Å². The lowest BCUT2D eigenvalue weighted by atomic mass is 10.0. The quantitative estimate of drug-likeness (QED) is 0.724. The molecule has 132 valence electrons. The predicted octanol–water partition coefficient (Wildman–Crippen LogP) is 1.52. The second-order valence-corrected chi connectivity index (χ2v) is 6.21. The molecular formula is C18H19N7O. The van der Waals surface area contributed by atoms with Crippen molar-refractivity contribution in [2.24, 2.45) is 0 Å². The van der Waals surface area contributed by atoms with Gasteiger partial charge in [-0.15, -0.1) is 0 Å². The number of pyridine rings is 1. The van der Waals surface area contributed by atoms with Crippen LogP contribution in [0.2, 0.25) is 0 Å². The fourth-order valence-electron chi connectivity index (χ4n) is 3.22. The van der Waals surface area contributed by atoms with Gasteiger partial charge in [0.15, 0.2) is 0 Å². The first-order valence-electron chi connectivity index (χ1n) is 8.53. The van der Waals surface area contributed by atoms with Gasteiger partial charge in [-0.3, -0.25) is 14.9 Å². The number of aromatic amines is 1. The largest absolute Gasteiger partial charge is 0.348 e. The molecule has 0 aromatic carbocycles. The Morgan fingerprint density at radius 2 is 2.12 bits per heavy atom. The van der Waals surface area contributed by atoms with Gasteiger partial charge in [0.1, 0.15) is 0 Å². The maximum absolute atomic E-state index is 12.2. The van der Waals surface area contributed by atoms with Gasteiger partial charge in [-0.2, -0.15) is 5.10 Å². The molecule has 1 aliphatic heterocycles. The Kier molecular flexibility index (Phi) is 4.55. The standard InChI is InChI=1S/C18H19N7O/c26-17(13-3-1-5-19-9-13)22-10-15-11-23-24-16(15)14-4-8-25(12-14)18-20-6-2-7-21-18/h1-3,5-7,9,11,14H,4,8,10,12H2,(H,22,26)(H,23,24). The number of H-pyrrole nitrogens is 1. The van der Waals surface area contributed by atoms with Crippen molar-refractivity contribution < 1.29 is 4.79 Å². The minimum Gasteiger partial charge on any atom is -0.348 e.